The van der Waals surface area contributed by atoms with Crippen LogP contribution in [0.15, 0.2) is 36.4 Å². The second-order valence-corrected chi connectivity index (χ2v) is 3.25. The molecule has 0 N–H and O–H groups in total. The van der Waals surface area contributed by atoms with Crippen LogP contribution in [-0.4, -0.2) is 6.10 Å². The molecular weight excluding hydrogens is 160 g/mol. The Hall–Kier alpha value is -1.24. The molecule has 1 unspecified atom stereocenters. The summed E-state index contributed by atoms with van der Waals surface area (Å²) in [6.07, 6.45) is 8.19. The maximum Gasteiger partial charge on any atom is 0.120 e. The fourth-order valence-electron chi connectivity index (χ4n) is 1.50. The number of rotatable bonds is 2. The first-order valence-corrected chi connectivity index (χ1v) is 4.74. The van der Waals surface area contributed by atoms with E-state index in [2.05, 4.69) is 18.2 Å². The van der Waals surface area contributed by atoms with Crippen LogP contribution in [0.1, 0.15) is 19.3 Å². The number of ether oxygens (including phenoxy) is 1. The minimum absolute atomic E-state index is 0.274. The van der Waals surface area contributed by atoms with Gasteiger partial charge in [0.25, 0.3) is 0 Å². The second-order valence-electron chi connectivity index (χ2n) is 3.25. The summed E-state index contributed by atoms with van der Waals surface area (Å²) >= 11 is 0. The molecule has 13 heavy (non-hydrogen) atoms. The van der Waals surface area contributed by atoms with Crippen molar-refractivity contribution in [1.82, 2.24) is 0 Å². The Labute approximate surface area is 79.0 Å². The van der Waals surface area contributed by atoms with Crippen LogP contribution < -0.4 is 4.74 Å². The van der Waals surface area contributed by atoms with E-state index in [9.17, 15) is 0 Å². The van der Waals surface area contributed by atoms with Gasteiger partial charge < -0.3 is 4.74 Å². The smallest absolute Gasteiger partial charge is 0.120 e. The summed E-state index contributed by atoms with van der Waals surface area (Å²) in [6.45, 7) is 0. The molecule has 0 fully saturated rings. The van der Waals surface area contributed by atoms with E-state index in [0.717, 1.165) is 12.2 Å². The highest BCUT2D eigenvalue weighted by Crippen LogP contribution is 2.17. The molecule has 1 aromatic carbocycles. The minimum Gasteiger partial charge on any atom is -0.486 e. The van der Waals surface area contributed by atoms with Crippen molar-refractivity contribution in [3.8, 4) is 5.75 Å². The topological polar surface area (TPSA) is 9.23 Å². The van der Waals surface area contributed by atoms with Crippen molar-refractivity contribution in [3.63, 3.8) is 0 Å². The predicted octanol–water partition coefficient (Wildman–Crippen LogP) is 2.97. The maximum absolute atomic E-state index is 5.75. The van der Waals surface area contributed by atoms with Gasteiger partial charge in [-0.25, -0.2) is 0 Å². The van der Waals surface area contributed by atoms with Gasteiger partial charge in [0.2, 0.25) is 0 Å². The van der Waals surface area contributed by atoms with Gasteiger partial charge in [0.15, 0.2) is 0 Å². The molecule has 0 amide bonds. The van der Waals surface area contributed by atoms with E-state index in [1.165, 1.54) is 12.8 Å². The number of benzene rings is 1. The Morgan fingerprint density at radius 3 is 2.85 bits per heavy atom. The normalized spacial score (nSPS) is 21.4. The fraction of sp³-hybridized carbons (Fsp3) is 0.333. The van der Waals surface area contributed by atoms with Gasteiger partial charge in [-0.05, 0) is 43.5 Å². The fourth-order valence-corrected chi connectivity index (χ4v) is 1.50. The molecule has 1 aliphatic carbocycles. The first kappa shape index (κ1) is 8.36. The number of hydrogen-bond donors (Lipinski definition) is 0. The first-order valence-electron chi connectivity index (χ1n) is 4.74. The lowest BCUT2D eigenvalue weighted by molar-refractivity contribution is 0.230. The summed E-state index contributed by atoms with van der Waals surface area (Å²) in [5.41, 5.74) is 0. The van der Waals surface area contributed by atoms with Crippen molar-refractivity contribution in [3.05, 3.63) is 42.5 Å². The van der Waals surface area contributed by atoms with E-state index in [4.69, 9.17) is 4.74 Å². The Bertz CT molecular complexity index is 276. The molecule has 1 aromatic rings. The average Bonchev–Trinajstić information content (AvgIpc) is 2.21. The SMILES string of the molecule is [c]1ccc(OC2C=CCCC2)cc1. The molecule has 0 aromatic heterocycles. The van der Waals surface area contributed by atoms with Crippen LogP contribution >= 0.6 is 0 Å². The van der Waals surface area contributed by atoms with E-state index < -0.39 is 0 Å². The number of hydrogen-bond acceptors (Lipinski definition) is 1. The lowest BCUT2D eigenvalue weighted by Gasteiger charge is -2.18. The van der Waals surface area contributed by atoms with Crippen molar-refractivity contribution < 1.29 is 4.74 Å². The molecule has 0 heterocycles. The summed E-state index contributed by atoms with van der Waals surface area (Å²) in [4.78, 5) is 0. The molecule has 1 heteroatoms. The molecular formula is C12H13O. The van der Waals surface area contributed by atoms with Crippen molar-refractivity contribution in [2.75, 3.05) is 0 Å². The van der Waals surface area contributed by atoms with Gasteiger partial charge in [0.05, 0.1) is 0 Å². The van der Waals surface area contributed by atoms with Crippen LogP contribution in [0.3, 0.4) is 0 Å². The van der Waals surface area contributed by atoms with E-state index in [0.29, 0.717) is 0 Å². The molecule has 1 aliphatic rings. The maximum atomic E-state index is 5.75. The van der Waals surface area contributed by atoms with Gasteiger partial charge in [-0.1, -0.05) is 18.2 Å². The Morgan fingerprint density at radius 1 is 1.31 bits per heavy atom. The third kappa shape index (κ3) is 2.35. The highest BCUT2D eigenvalue weighted by atomic mass is 16.5. The Balaban J connectivity index is 1.98. The number of allylic oxidation sites excluding steroid dienone is 1. The molecule has 0 saturated carbocycles. The lowest BCUT2D eigenvalue weighted by atomic mass is 10.1. The zero-order chi connectivity index (χ0) is 8.93. The van der Waals surface area contributed by atoms with Gasteiger partial charge in [0, 0.05) is 0 Å². The molecule has 1 atom stereocenters. The molecule has 0 saturated heterocycles. The molecule has 2 rings (SSSR count). The lowest BCUT2D eigenvalue weighted by Crippen LogP contribution is -2.15. The van der Waals surface area contributed by atoms with E-state index >= 15 is 0 Å². The standard InChI is InChI=1S/C12H13O/c1-3-7-11(8-4-1)13-12-9-5-2-6-10-12/h3,5-7,9-11H,1,4,8H2. The molecule has 1 radical (unpaired) electrons. The van der Waals surface area contributed by atoms with Gasteiger partial charge >= 0.3 is 0 Å². The summed E-state index contributed by atoms with van der Waals surface area (Å²) in [5, 5.41) is 0. The second kappa shape index (κ2) is 4.13. The predicted molar refractivity (Wildman–Crippen MR) is 52.7 cm³/mol. The highest BCUT2D eigenvalue weighted by molar-refractivity contribution is 5.21. The van der Waals surface area contributed by atoms with Crippen LogP contribution in [0.4, 0.5) is 0 Å². The van der Waals surface area contributed by atoms with Gasteiger partial charge in [-0.2, -0.15) is 0 Å². The quantitative estimate of drug-likeness (QED) is 0.625. The van der Waals surface area contributed by atoms with Gasteiger partial charge in [0.1, 0.15) is 11.9 Å². The molecule has 0 aliphatic heterocycles. The first-order chi connectivity index (χ1) is 6.45. The van der Waals surface area contributed by atoms with Crippen molar-refractivity contribution in [2.45, 2.75) is 25.4 Å². The average molecular weight is 173 g/mol. The van der Waals surface area contributed by atoms with Crippen LogP contribution in [0, 0.1) is 6.07 Å². The van der Waals surface area contributed by atoms with Crippen LogP contribution in [0.5, 0.6) is 5.75 Å². The summed E-state index contributed by atoms with van der Waals surface area (Å²) in [6, 6.07) is 10.6. The molecule has 0 spiro atoms. The molecule has 0 bridgehead atoms. The summed E-state index contributed by atoms with van der Waals surface area (Å²) in [5.74, 6) is 0.940. The summed E-state index contributed by atoms with van der Waals surface area (Å²) in [7, 11) is 0. The largest absolute Gasteiger partial charge is 0.486 e. The van der Waals surface area contributed by atoms with E-state index in [1.54, 1.807) is 0 Å². The third-order valence-electron chi connectivity index (χ3n) is 2.19. The van der Waals surface area contributed by atoms with Gasteiger partial charge in [-0.3, -0.25) is 0 Å². The zero-order valence-electron chi connectivity index (χ0n) is 7.57. The Morgan fingerprint density at radius 2 is 2.15 bits per heavy atom. The van der Waals surface area contributed by atoms with Gasteiger partial charge in [-0.15, -0.1) is 0 Å². The van der Waals surface area contributed by atoms with Crippen molar-refractivity contribution in [2.24, 2.45) is 0 Å². The van der Waals surface area contributed by atoms with Crippen LogP contribution in [0.2, 0.25) is 0 Å². The van der Waals surface area contributed by atoms with E-state index in [1.807, 2.05) is 24.3 Å². The molecule has 67 valence electrons. The zero-order valence-corrected chi connectivity index (χ0v) is 7.57. The van der Waals surface area contributed by atoms with Crippen LogP contribution in [0.25, 0.3) is 0 Å². The van der Waals surface area contributed by atoms with E-state index in [-0.39, 0.29) is 6.10 Å². The molecule has 1 nitrogen and oxygen atoms in total. The highest BCUT2D eigenvalue weighted by Gasteiger charge is 2.08. The Kier molecular flexibility index (Phi) is 2.65. The van der Waals surface area contributed by atoms with Crippen molar-refractivity contribution in [1.29, 1.82) is 0 Å². The van der Waals surface area contributed by atoms with Crippen LogP contribution in [-0.2, 0) is 0 Å². The third-order valence-corrected chi connectivity index (χ3v) is 2.19. The summed E-state index contributed by atoms with van der Waals surface area (Å²) < 4.78 is 5.75. The monoisotopic (exact) mass is 173 g/mol. The minimum atomic E-state index is 0.274. The van der Waals surface area contributed by atoms with Crippen molar-refractivity contribution >= 4 is 0 Å².